The van der Waals surface area contributed by atoms with Crippen LogP contribution in [0.2, 0.25) is 0 Å². The fourth-order valence-corrected chi connectivity index (χ4v) is 3.98. The largest absolute Gasteiger partial charge is 0.381 e. The molecule has 4 rings (SSSR count). The highest BCUT2D eigenvalue weighted by Crippen LogP contribution is 2.33. The molecule has 1 aliphatic rings. The number of rotatable bonds is 6. The summed E-state index contributed by atoms with van der Waals surface area (Å²) in [7, 11) is 0. The first kappa shape index (κ1) is 17.8. The van der Waals surface area contributed by atoms with Crippen LogP contribution in [0.3, 0.4) is 0 Å². The van der Waals surface area contributed by atoms with Gasteiger partial charge in [0.1, 0.15) is 5.82 Å². The number of hydrogen-bond acceptors (Lipinski definition) is 2. The molecule has 0 spiro atoms. The molecular formula is C21H24FN3O2. The van der Waals surface area contributed by atoms with Crippen molar-refractivity contribution in [1.29, 1.82) is 0 Å². The van der Waals surface area contributed by atoms with Crippen molar-refractivity contribution in [2.45, 2.75) is 31.2 Å². The quantitative estimate of drug-likeness (QED) is 0.700. The number of aromatic amines is 1. The highest BCUT2D eigenvalue weighted by Gasteiger charge is 2.35. The third-order valence-corrected chi connectivity index (χ3v) is 5.51. The molecular weight excluding hydrogens is 345 g/mol. The van der Waals surface area contributed by atoms with Crippen LogP contribution in [0.1, 0.15) is 24.8 Å². The van der Waals surface area contributed by atoms with Gasteiger partial charge >= 0.3 is 0 Å². The van der Waals surface area contributed by atoms with E-state index in [0.717, 1.165) is 29.3 Å². The van der Waals surface area contributed by atoms with Gasteiger partial charge in [0.2, 0.25) is 5.91 Å². The van der Waals surface area contributed by atoms with Crippen molar-refractivity contribution >= 4 is 16.8 Å². The van der Waals surface area contributed by atoms with Crippen molar-refractivity contribution in [3.8, 4) is 0 Å². The van der Waals surface area contributed by atoms with Gasteiger partial charge in [-0.05, 0) is 55.2 Å². The molecule has 1 aliphatic heterocycles. The van der Waals surface area contributed by atoms with Crippen LogP contribution < -0.4 is 5.32 Å². The fourth-order valence-electron chi connectivity index (χ4n) is 3.98. The number of fused-ring (bicyclic) bond motifs is 1. The van der Waals surface area contributed by atoms with Gasteiger partial charge in [-0.1, -0.05) is 0 Å². The average molecular weight is 369 g/mol. The van der Waals surface area contributed by atoms with Crippen LogP contribution >= 0.6 is 0 Å². The first-order valence-corrected chi connectivity index (χ1v) is 9.40. The predicted molar refractivity (Wildman–Crippen MR) is 102 cm³/mol. The predicted octanol–water partition coefficient (Wildman–Crippen LogP) is 3.36. The van der Waals surface area contributed by atoms with Crippen LogP contribution in [0, 0.1) is 5.82 Å². The molecule has 3 aromatic rings. The summed E-state index contributed by atoms with van der Waals surface area (Å²) in [6, 6.07) is 8.69. The van der Waals surface area contributed by atoms with Gasteiger partial charge in [-0.25, -0.2) is 4.39 Å². The number of nitrogens with zero attached hydrogens (tertiary/aromatic N) is 1. The zero-order valence-corrected chi connectivity index (χ0v) is 15.2. The molecule has 0 radical (unpaired) electrons. The fraction of sp³-hybridized carbons (Fsp3) is 0.381. The summed E-state index contributed by atoms with van der Waals surface area (Å²) in [4.78, 5) is 15.8. The SMILES string of the molecule is O=C(CC1(n2cccc2)CCOCC1)NCCc1c[nH]c2ccc(F)cc12. The highest BCUT2D eigenvalue weighted by atomic mass is 19.1. The second-order valence-corrected chi connectivity index (χ2v) is 7.21. The van der Waals surface area contributed by atoms with E-state index in [9.17, 15) is 9.18 Å². The number of ether oxygens (including phenoxy) is 1. The maximum atomic E-state index is 13.5. The Morgan fingerprint density at radius 2 is 2.04 bits per heavy atom. The van der Waals surface area contributed by atoms with Crippen LogP contribution in [-0.2, 0) is 21.5 Å². The van der Waals surface area contributed by atoms with Crippen molar-refractivity contribution in [3.05, 3.63) is 60.3 Å². The molecule has 0 saturated carbocycles. The number of H-pyrrole nitrogens is 1. The first-order valence-electron chi connectivity index (χ1n) is 9.40. The van der Waals surface area contributed by atoms with E-state index < -0.39 is 0 Å². The van der Waals surface area contributed by atoms with Gasteiger partial charge in [0.05, 0.1) is 12.0 Å². The number of hydrogen-bond donors (Lipinski definition) is 2. The monoisotopic (exact) mass is 369 g/mol. The highest BCUT2D eigenvalue weighted by molar-refractivity contribution is 5.83. The molecule has 0 bridgehead atoms. The van der Waals surface area contributed by atoms with Gasteiger partial charge in [0.15, 0.2) is 0 Å². The Morgan fingerprint density at radius 3 is 2.81 bits per heavy atom. The van der Waals surface area contributed by atoms with E-state index >= 15 is 0 Å². The Kier molecular flexibility index (Phi) is 4.99. The van der Waals surface area contributed by atoms with Crippen LogP contribution in [0.25, 0.3) is 10.9 Å². The summed E-state index contributed by atoms with van der Waals surface area (Å²) in [6.07, 6.45) is 8.70. The Hall–Kier alpha value is -2.60. The first-order chi connectivity index (χ1) is 13.2. The van der Waals surface area contributed by atoms with Crippen molar-refractivity contribution in [3.63, 3.8) is 0 Å². The summed E-state index contributed by atoms with van der Waals surface area (Å²) >= 11 is 0. The Bertz CT molecular complexity index is 911. The third-order valence-electron chi connectivity index (χ3n) is 5.51. The third kappa shape index (κ3) is 3.76. The zero-order chi connectivity index (χ0) is 18.7. The lowest BCUT2D eigenvalue weighted by Crippen LogP contribution is -2.43. The second kappa shape index (κ2) is 7.56. The summed E-state index contributed by atoms with van der Waals surface area (Å²) in [6.45, 7) is 1.87. The zero-order valence-electron chi connectivity index (χ0n) is 15.2. The number of benzene rings is 1. The van der Waals surface area contributed by atoms with Crippen molar-refractivity contribution < 1.29 is 13.9 Å². The summed E-state index contributed by atoms with van der Waals surface area (Å²) in [5.74, 6) is -0.211. The van der Waals surface area contributed by atoms with Gasteiger partial charge in [0, 0.05) is 49.3 Å². The van der Waals surface area contributed by atoms with Gasteiger partial charge in [-0.15, -0.1) is 0 Å². The maximum Gasteiger partial charge on any atom is 0.222 e. The van der Waals surface area contributed by atoms with Crippen molar-refractivity contribution in [2.24, 2.45) is 0 Å². The lowest BCUT2D eigenvalue weighted by atomic mass is 9.86. The van der Waals surface area contributed by atoms with Gasteiger partial charge in [0.25, 0.3) is 0 Å². The minimum absolute atomic E-state index is 0.0385. The normalized spacial score (nSPS) is 16.5. The molecule has 142 valence electrons. The number of carbonyl (C=O) groups excluding carboxylic acids is 1. The van der Waals surface area contributed by atoms with Crippen LogP contribution in [0.5, 0.6) is 0 Å². The van der Waals surface area contributed by atoms with Crippen molar-refractivity contribution in [2.75, 3.05) is 19.8 Å². The van der Waals surface area contributed by atoms with E-state index in [2.05, 4.69) is 14.9 Å². The molecule has 1 fully saturated rings. The summed E-state index contributed by atoms with van der Waals surface area (Å²) in [5.41, 5.74) is 1.71. The van der Waals surface area contributed by atoms with E-state index in [-0.39, 0.29) is 17.3 Å². The number of halogens is 1. The summed E-state index contributed by atoms with van der Waals surface area (Å²) < 4.78 is 21.1. The molecule has 27 heavy (non-hydrogen) atoms. The number of aromatic nitrogens is 2. The standard InChI is InChI=1S/C21H24FN3O2/c22-17-3-4-19-18(13-17)16(15-24-19)5-8-23-20(26)14-21(6-11-27-12-7-21)25-9-1-2-10-25/h1-4,9-10,13,15,24H,5-8,11-12,14H2,(H,23,26). The maximum absolute atomic E-state index is 13.5. The van der Waals surface area contributed by atoms with E-state index in [0.29, 0.717) is 32.6 Å². The van der Waals surface area contributed by atoms with Gasteiger partial charge in [-0.3, -0.25) is 4.79 Å². The van der Waals surface area contributed by atoms with Crippen molar-refractivity contribution in [1.82, 2.24) is 14.9 Å². The van der Waals surface area contributed by atoms with Crippen LogP contribution in [0.4, 0.5) is 4.39 Å². The minimum atomic E-state index is -0.249. The number of nitrogens with one attached hydrogen (secondary N) is 2. The topological polar surface area (TPSA) is 59.0 Å². The molecule has 2 aromatic heterocycles. The average Bonchev–Trinajstić information content (AvgIpc) is 3.33. The van der Waals surface area contributed by atoms with E-state index in [1.165, 1.54) is 12.1 Å². The molecule has 1 amide bonds. The molecule has 1 saturated heterocycles. The molecule has 5 nitrogen and oxygen atoms in total. The Morgan fingerprint density at radius 1 is 1.26 bits per heavy atom. The molecule has 0 atom stereocenters. The lowest BCUT2D eigenvalue weighted by molar-refractivity contribution is -0.124. The molecule has 6 heteroatoms. The smallest absolute Gasteiger partial charge is 0.222 e. The molecule has 0 unspecified atom stereocenters. The van der Waals surface area contributed by atoms with E-state index in [1.807, 2.05) is 30.7 Å². The Balaban J connectivity index is 1.38. The van der Waals surface area contributed by atoms with Crippen LogP contribution in [0.15, 0.2) is 48.9 Å². The second-order valence-electron chi connectivity index (χ2n) is 7.21. The number of carbonyl (C=O) groups is 1. The van der Waals surface area contributed by atoms with Gasteiger partial charge in [-0.2, -0.15) is 0 Å². The van der Waals surface area contributed by atoms with Gasteiger partial charge < -0.3 is 19.6 Å². The molecule has 3 heterocycles. The molecule has 2 N–H and O–H groups in total. The van der Waals surface area contributed by atoms with Crippen LogP contribution in [-0.4, -0.2) is 35.2 Å². The van der Waals surface area contributed by atoms with E-state index in [4.69, 9.17) is 4.74 Å². The molecule has 1 aromatic carbocycles. The Labute approximate surface area is 157 Å². The number of amides is 1. The lowest BCUT2D eigenvalue weighted by Gasteiger charge is -2.38. The summed E-state index contributed by atoms with van der Waals surface area (Å²) in [5, 5.41) is 3.91. The minimum Gasteiger partial charge on any atom is -0.381 e. The molecule has 0 aliphatic carbocycles. The van der Waals surface area contributed by atoms with E-state index in [1.54, 1.807) is 6.07 Å².